The Morgan fingerprint density at radius 3 is 2.03 bits per heavy atom. The lowest BCUT2D eigenvalue weighted by molar-refractivity contribution is -0.228. The summed E-state index contributed by atoms with van der Waals surface area (Å²) in [5.41, 5.74) is -4.04. The van der Waals surface area contributed by atoms with Gasteiger partial charge in [0.15, 0.2) is 17.9 Å². The molecule has 9 heteroatoms. The van der Waals surface area contributed by atoms with Crippen LogP contribution in [-0.2, 0) is 27.7 Å². The van der Waals surface area contributed by atoms with Gasteiger partial charge in [0.25, 0.3) is 0 Å². The van der Waals surface area contributed by atoms with Crippen LogP contribution in [0.25, 0.3) is 11.1 Å². The van der Waals surface area contributed by atoms with Crippen molar-refractivity contribution in [2.45, 2.75) is 57.7 Å². The number of benzene rings is 2. The second-order valence-corrected chi connectivity index (χ2v) is 8.63. The first-order valence-corrected chi connectivity index (χ1v) is 11.4. The third-order valence-corrected chi connectivity index (χ3v) is 6.32. The van der Waals surface area contributed by atoms with E-state index in [4.69, 9.17) is 14.2 Å². The van der Waals surface area contributed by atoms with Crippen LogP contribution < -0.4 is 4.74 Å². The maximum atomic E-state index is 15.3. The Labute approximate surface area is 194 Å². The second kappa shape index (κ2) is 9.41. The maximum Gasteiger partial charge on any atom is 0.343 e. The number of aryl methyl sites for hydroxylation is 1. The normalized spacial score (nSPS) is 22.7. The van der Waals surface area contributed by atoms with Gasteiger partial charge >= 0.3 is 11.8 Å². The molecule has 0 bridgehead atoms. The lowest BCUT2D eigenvalue weighted by Crippen LogP contribution is -2.41. The van der Waals surface area contributed by atoms with Crippen molar-refractivity contribution >= 4 is 0 Å². The van der Waals surface area contributed by atoms with Crippen LogP contribution in [0.2, 0.25) is 0 Å². The fraction of sp³-hybridized carbons (Fsp3) is 0.520. The fourth-order valence-electron chi connectivity index (χ4n) is 4.61. The van der Waals surface area contributed by atoms with Gasteiger partial charge in [0.2, 0.25) is 0 Å². The number of hydrogen-bond donors (Lipinski definition) is 0. The molecule has 0 N–H and O–H groups in total. The number of fused-ring (bicyclic) bond motifs is 3. The summed E-state index contributed by atoms with van der Waals surface area (Å²) < 4.78 is 106. The van der Waals surface area contributed by atoms with Gasteiger partial charge < -0.3 is 14.2 Å². The van der Waals surface area contributed by atoms with Crippen molar-refractivity contribution in [2.75, 3.05) is 19.8 Å². The van der Waals surface area contributed by atoms with Crippen molar-refractivity contribution in [3.8, 4) is 16.9 Å². The minimum Gasteiger partial charge on any atom is -0.491 e. The maximum absolute atomic E-state index is 15.3. The number of hydrogen-bond acceptors (Lipinski definition) is 3. The van der Waals surface area contributed by atoms with E-state index in [-0.39, 0.29) is 30.9 Å². The number of alkyl halides is 4. The summed E-state index contributed by atoms with van der Waals surface area (Å²) in [6.07, 6.45) is 1.44. The molecular formula is C25H26F6O3. The largest absolute Gasteiger partial charge is 0.491 e. The van der Waals surface area contributed by atoms with Crippen molar-refractivity contribution in [1.29, 1.82) is 0 Å². The fourth-order valence-corrected chi connectivity index (χ4v) is 4.61. The van der Waals surface area contributed by atoms with Gasteiger partial charge in [-0.05, 0) is 48.6 Å². The number of rotatable bonds is 7. The van der Waals surface area contributed by atoms with Gasteiger partial charge in [-0.15, -0.1) is 0 Å². The summed E-state index contributed by atoms with van der Waals surface area (Å²) >= 11 is 0. The van der Waals surface area contributed by atoms with E-state index >= 15 is 13.2 Å². The molecule has 1 aliphatic heterocycles. The molecule has 1 heterocycles. The Kier molecular flexibility index (Phi) is 6.88. The molecule has 3 nitrogen and oxygen atoms in total. The minimum absolute atomic E-state index is 0.0417. The first-order chi connectivity index (χ1) is 16.1. The van der Waals surface area contributed by atoms with Gasteiger partial charge in [0, 0.05) is 12.3 Å². The lowest BCUT2D eigenvalue weighted by atomic mass is 9.78. The van der Waals surface area contributed by atoms with Crippen LogP contribution in [0.4, 0.5) is 26.3 Å². The van der Waals surface area contributed by atoms with Crippen molar-refractivity contribution < 1.29 is 40.6 Å². The Bertz CT molecular complexity index is 1050. The quantitative estimate of drug-likeness (QED) is 0.395. The Balaban J connectivity index is 1.66. The van der Waals surface area contributed by atoms with E-state index < -0.39 is 57.8 Å². The molecule has 0 unspecified atom stereocenters. The van der Waals surface area contributed by atoms with E-state index in [0.717, 1.165) is 31.0 Å². The molecular weight excluding hydrogens is 462 g/mol. The second-order valence-electron chi connectivity index (χ2n) is 8.63. The Morgan fingerprint density at radius 1 is 0.853 bits per heavy atom. The van der Waals surface area contributed by atoms with Gasteiger partial charge in [-0.3, -0.25) is 0 Å². The van der Waals surface area contributed by atoms with Crippen LogP contribution in [0, 0.1) is 17.6 Å². The average Bonchev–Trinajstić information content (AvgIpc) is 2.79. The van der Waals surface area contributed by atoms with Gasteiger partial charge in [-0.25, -0.2) is 8.78 Å². The summed E-state index contributed by atoms with van der Waals surface area (Å²) in [6, 6.07) is 4.53. The van der Waals surface area contributed by atoms with E-state index in [1.807, 2.05) is 0 Å². The van der Waals surface area contributed by atoms with E-state index in [2.05, 4.69) is 6.92 Å². The van der Waals surface area contributed by atoms with Gasteiger partial charge in [0.05, 0.1) is 30.9 Å². The summed E-state index contributed by atoms with van der Waals surface area (Å²) in [6.45, 7) is 4.49. The van der Waals surface area contributed by atoms with Crippen LogP contribution >= 0.6 is 0 Å². The van der Waals surface area contributed by atoms with Crippen LogP contribution in [0.15, 0.2) is 24.3 Å². The molecule has 0 aromatic heterocycles. The van der Waals surface area contributed by atoms with Gasteiger partial charge in [0.1, 0.15) is 5.82 Å². The highest BCUT2D eigenvalue weighted by atomic mass is 19.3. The predicted molar refractivity (Wildman–Crippen MR) is 113 cm³/mol. The van der Waals surface area contributed by atoms with E-state index in [0.29, 0.717) is 13.2 Å². The van der Waals surface area contributed by atoms with Crippen molar-refractivity contribution in [1.82, 2.24) is 0 Å². The first kappa shape index (κ1) is 24.9. The summed E-state index contributed by atoms with van der Waals surface area (Å²) in [7, 11) is 0. The number of halogens is 6. The van der Waals surface area contributed by atoms with Crippen molar-refractivity contribution in [3.05, 3.63) is 52.6 Å². The smallest absolute Gasteiger partial charge is 0.343 e. The minimum atomic E-state index is -4.98. The molecule has 1 fully saturated rings. The zero-order chi connectivity index (χ0) is 24.7. The molecule has 2 aromatic carbocycles. The Hall–Kier alpha value is -2.26. The van der Waals surface area contributed by atoms with Crippen LogP contribution in [0.5, 0.6) is 5.75 Å². The zero-order valence-electron chi connectivity index (χ0n) is 18.9. The summed E-state index contributed by atoms with van der Waals surface area (Å²) in [5, 5.41) is 0. The molecule has 0 radical (unpaired) electrons. The standard InChI is InChI=1S/C25H26F6O3/c1-3-5-14-12-33-19(34-13-14)11-7-15-6-8-16-17-9-10-18(32-4-2)23(27)21(17)25(30,31)24(28,29)20(16)22(15)26/h6,8-10,14,19H,3-5,7,11-13H2,1-2H3. The van der Waals surface area contributed by atoms with Crippen LogP contribution in [0.3, 0.4) is 0 Å². The molecule has 186 valence electrons. The summed E-state index contributed by atoms with van der Waals surface area (Å²) in [5.74, 6) is -13.2. The summed E-state index contributed by atoms with van der Waals surface area (Å²) in [4.78, 5) is 0. The predicted octanol–water partition coefficient (Wildman–Crippen LogP) is 6.95. The molecule has 2 aromatic rings. The molecule has 34 heavy (non-hydrogen) atoms. The van der Waals surface area contributed by atoms with E-state index in [1.54, 1.807) is 0 Å². The van der Waals surface area contributed by atoms with Crippen LogP contribution in [0.1, 0.15) is 49.8 Å². The first-order valence-electron chi connectivity index (χ1n) is 11.4. The topological polar surface area (TPSA) is 27.7 Å². The van der Waals surface area contributed by atoms with Gasteiger partial charge in [-0.2, -0.15) is 17.6 Å². The molecule has 0 atom stereocenters. The van der Waals surface area contributed by atoms with E-state index in [1.165, 1.54) is 13.0 Å². The highest BCUT2D eigenvalue weighted by Gasteiger charge is 2.65. The van der Waals surface area contributed by atoms with E-state index in [9.17, 15) is 13.2 Å². The van der Waals surface area contributed by atoms with Crippen LogP contribution in [-0.4, -0.2) is 26.1 Å². The molecule has 1 aliphatic carbocycles. The molecule has 0 saturated carbocycles. The molecule has 1 saturated heterocycles. The molecule has 4 rings (SSSR count). The average molecular weight is 488 g/mol. The highest BCUT2D eigenvalue weighted by Crippen LogP contribution is 2.60. The SMILES string of the molecule is CCCC1COC(CCc2ccc3c(c2F)C(F)(F)C(F)(F)c2c-3ccc(OCC)c2F)OC1. The molecule has 0 amide bonds. The molecule has 0 spiro atoms. The third-order valence-electron chi connectivity index (χ3n) is 6.32. The number of ether oxygens (including phenoxy) is 3. The van der Waals surface area contributed by atoms with Crippen molar-refractivity contribution in [2.24, 2.45) is 5.92 Å². The lowest BCUT2D eigenvalue weighted by Gasteiger charge is -2.36. The Morgan fingerprint density at radius 2 is 1.44 bits per heavy atom. The monoisotopic (exact) mass is 488 g/mol. The van der Waals surface area contributed by atoms with Crippen molar-refractivity contribution in [3.63, 3.8) is 0 Å². The van der Waals surface area contributed by atoms with Gasteiger partial charge in [-0.1, -0.05) is 25.5 Å². The zero-order valence-corrected chi connectivity index (χ0v) is 18.9. The molecule has 2 aliphatic rings. The third kappa shape index (κ3) is 4.06. The highest BCUT2D eigenvalue weighted by molar-refractivity contribution is 5.77.